The van der Waals surface area contributed by atoms with Crippen LogP contribution in [0.15, 0.2) is 35.2 Å². The largest absolute Gasteiger partial charge is 0.497 e. The van der Waals surface area contributed by atoms with Gasteiger partial charge in [0.05, 0.1) is 24.7 Å². The highest BCUT2D eigenvalue weighted by Crippen LogP contribution is 2.25. The number of nitrogens with zero attached hydrogens (tertiary/aromatic N) is 5. The van der Waals surface area contributed by atoms with E-state index in [9.17, 15) is 9.59 Å². The molecule has 0 spiro atoms. The quantitative estimate of drug-likeness (QED) is 0.549. The van der Waals surface area contributed by atoms with E-state index < -0.39 is 0 Å². The van der Waals surface area contributed by atoms with Gasteiger partial charge < -0.3 is 14.5 Å². The van der Waals surface area contributed by atoms with Gasteiger partial charge in [0.1, 0.15) is 5.75 Å². The monoisotopic (exact) mass is 453 g/mol. The zero-order valence-corrected chi connectivity index (χ0v) is 19.4. The summed E-state index contributed by atoms with van der Waals surface area (Å²) in [5.41, 5.74) is 6.03. The number of carbonyl (C=O) groups is 2. The van der Waals surface area contributed by atoms with Gasteiger partial charge in [-0.15, -0.1) is 11.3 Å². The third-order valence-electron chi connectivity index (χ3n) is 5.68. The molecule has 1 aliphatic rings. The lowest BCUT2D eigenvalue weighted by Gasteiger charge is -2.28. The molecule has 168 valence electrons. The predicted molar refractivity (Wildman–Crippen MR) is 122 cm³/mol. The fourth-order valence-corrected chi connectivity index (χ4v) is 4.45. The molecule has 0 N–H and O–H groups in total. The molecule has 0 unspecified atom stereocenters. The first kappa shape index (κ1) is 22.0. The summed E-state index contributed by atoms with van der Waals surface area (Å²) in [5, 5.41) is 6.58. The maximum atomic E-state index is 12.8. The predicted octanol–water partition coefficient (Wildman–Crippen LogP) is 2.42. The third-order valence-corrected chi connectivity index (χ3v) is 6.32. The minimum absolute atomic E-state index is 0.0239. The Morgan fingerprint density at radius 3 is 2.66 bits per heavy atom. The smallest absolute Gasteiger partial charge is 0.274 e. The number of benzene rings is 1. The van der Waals surface area contributed by atoms with Crippen molar-refractivity contribution in [1.29, 1.82) is 0 Å². The molecule has 2 aromatic heterocycles. The molecule has 3 heterocycles. The number of carbonyl (C=O) groups excluding carboxylic acids is 2. The summed E-state index contributed by atoms with van der Waals surface area (Å²) in [6.45, 7) is 1.68. The van der Waals surface area contributed by atoms with Crippen molar-refractivity contribution in [2.45, 2.75) is 32.4 Å². The molecule has 0 fully saturated rings. The molecule has 2 amide bonds. The van der Waals surface area contributed by atoms with E-state index in [1.54, 1.807) is 26.7 Å². The summed E-state index contributed by atoms with van der Waals surface area (Å²) in [4.78, 5) is 33.2. The highest BCUT2D eigenvalue weighted by atomic mass is 32.1. The van der Waals surface area contributed by atoms with Gasteiger partial charge in [-0.05, 0) is 24.1 Å². The fourth-order valence-electron chi connectivity index (χ4n) is 3.89. The number of thiazole rings is 1. The van der Waals surface area contributed by atoms with Crippen LogP contribution in [0.2, 0.25) is 0 Å². The zero-order chi connectivity index (χ0) is 22.7. The van der Waals surface area contributed by atoms with Gasteiger partial charge in [-0.25, -0.2) is 4.98 Å². The first-order chi connectivity index (χ1) is 15.5. The summed E-state index contributed by atoms with van der Waals surface area (Å²) in [6, 6.07) is 7.97. The number of aromatic nitrogens is 3. The van der Waals surface area contributed by atoms with Crippen LogP contribution in [0, 0.1) is 0 Å². The maximum Gasteiger partial charge on any atom is 0.274 e. The molecule has 0 atom stereocenters. The lowest BCUT2D eigenvalue weighted by molar-refractivity contribution is -0.131. The summed E-state index contributed by atoms with van der Waals surface area (Å²) in [6.07, 6.45) is 1.75. The van der Waals surface area contributed by atoms with E-state index in [0.29, 0.717) is 31.7 Å². The van der Waals surface area contributed by atoms with Gasteiger partial charge in [-0.1, -0.05) is 12.1 Å². The van der Waals surface area contributed by atoms with Crippen molar-refractivity contribution in [1.82, 2.24) is 24.6 Å². The van der Waals surface area contributed by atoms with E-state index in [0.717, 1.165) is 29.1 Å². The third kappa shape index (κ3) is 4.67. The van der Waals surface area contributed by atoms with E-state index in [2.05, 4.69) is 10.1 Å². The van der Waals surface area contributed by atoms with Crippen LogP contribution in [-0.2, 0) is 37.1 Å². The van der Waals surface area contributed by atoms with Gasteiger partial charge in [0.2, 0.25) is 5.91 Å². The zero-order valence-electron chi connectivity index (χ0n) is 18.6. The number of ether oxygens (including phenoxy) is 1. The van der Waals surface area contributed by atoms with Crippen molar-refractivity contribution in [3.05, 3.63) is 63.4 Å². The van der Waals surface area contributed by atoms with Crippen LogP contribution in [0.1, 0.15) is 33.0 Å². The van der Waals surface area contributed by atoms with Crippen LogP contribution in [0.25, 0.3) is 0 Å². The number of aryl methyl sites for hydroxylation is 2. The summed E-state index contributed by atoms with van der Waals surface area (Å²) >= 11 is 1.48. The Morgan fingerprint density at radius 1 is 1.22 bits per heavy atom. The van der Waals surface area contributed by atoms with Crippen molar-refractivity contribution in [2.24, 2.45) is 0 Å². The Hall–Kier alpha value is -3.20. The lowest BCUT2D eigenvalue weighted by atomic mass is 10.0. The SMILES string of the molecule is COc1ccc(CCn2nc(C(=O)N(C)C)c3c2CCN(C(=O)Cc2cscn2)C3)cc1. The Balaban J connectivity index is 1.54. The molecule has 1 aromatic carbocycles. The number of amides is 2. The van der Waals surface area contributed by atoms with E-state index in [1.165, 1.54) is 21.8 Å². The van der Waals surface area contributed by atoms with Crippen LogP contribution in [-0.4, -0.2) is 64.1 Å². The second-order valence-electron chi connectivity index (χ2n) is 8.02. The van der Waals surface area contributed by atoms with Crippen LogP contribution in [0.3, 0.4) is 0 Å². The van der Waals surface area contributed by atoms with Gasteiger partial charge in [0.25, 0.3) is 5.91 Å². The summed E-state index contributed by atoms with van der Waals surface area (Å²) < 4.78 is 7.17. The molecule has 0 bridgehead atoms. The van der Waals surface area contributed by atoms with Crippen LogP contribution in [0.5, 0.6) is 5.75 Å². The Labute approximate surface area is 191 Å². The molecule has 4 rings (SSSR count). The van der Waals surface area contributed by atoms with E-state index in [4.69, 9.17) is 4.74 Å². The Kier molecular flexibility index (Phi) is 6.55. The first-order valence-corrected chi connectivity index (χ1v) is 11.5. The van der Waals surface area contributed by atoms with Crippen LogP contribution in [0.4, 0.5) is 0 Å². The average Bonchev–Trinajstić information content (AvgIpc) is 3.44. The molecule has 0 saturated heterocycles. The number of rotatable bonds is 7. The highest BCUT2D eigenvalue weighted by Gasteiger charge is 2.30. The molecule has 0 aliphatic carbocycles. The van der Waals surface area contributed by atoms with Gasteiger partial charge in [-0.2, -0.15) is 5.10 Å². The van der Waals surface area contributed by atoms with Crippen molar-refractivity contribution < 1.29 is 14.3 Å². The molecule has 8 nitrogen and oxygen atoms in total. The minimum atomic E-state index is -0.141. The van der Waals surface area contributed by atoms with Gasteiger partial charge in [0, 0.05) is 56.8 Å². The van der Waals surface area contributed by atoms with E-state index in [1.807, 2.05) is 39.2 Å². The van der Waals surface area contributed by atoms with Crippen molar-refractivity contribution in [3.63, 3.8) is 0 Å². The normalized spacial score (nSPS) is 13.0. The molecule has 0 radical (unpaired) electrons. The fraction of sp³-hybridized carbons (Fsp3) is 0.391. The second-order valence-corrected chi connectivity index (χ2v) is 8.74. The van der Waals surface area contributed by atoms with Gasteiger partial charge in [0.15, 0.2) is 5.69 Å². The first-order valence-electron chi connectivity index (χ1n) is 10.5. The van der Waals surface area contributed by atoms with Gasteiger partial charge >= 0.3 is 0 Å². The van der Waals surface area contributed by atoms with Gasteiger partial charge in [-0.3, -0.25) is 14.3 Å². The van der Waals surface area contributed by atoms with Crippen LogP contribution < -0.4 is 4.74 Å². The van der Waals surface area contributed by atoms with Crippen molar-refractivity contribution >= 4 is 23.2 Å². The number of hydrogen-bond acceptors (Lipinski definition) is 6. The Bertz CT molecular complexity index is 1090. The molecule has 9 heteroatoms. The standard InChI is InChI=1S/C23H27N5O3S/c1-26(2)23(30)22-19-13-27(21(29)12-17-14-32-15-24-17)10-9-20(19)28(25-22)11-8-16-4-6-18(31-3)7-5-16/h4-7,14-15H,8-13H2,1-3H3. The summed E-state index contributed by atoms with van der Waals surface area (Å²) in [5.74, 6) is 0.709. The topological polar surface area (TPSA) is 80.6 Å². The molecule has 1 aliphatic heterocycles. The summed E-state index contributed by atoms with van der Waals surface area (Å²) in [7, 11) is 5.09. The molecular formula is C23H27N5O3S. The second kappa shape index (κ2) is 9.52. The molecule has 3 aromatic rings. The lowest BCUT2D eigenvalue weighted by Crippen LogP contribution is -2.38. The van der Waals surface area contributed by atoms with E-state index in [-0.39, 0.29) is 18.2 Å². The van der Waals surface area contributed by atoms with Crippen molar-refractivity contribution in [2.75, 3.05) is 27.7 Å². The number of methoxy groups -OCH3 is 1. The number of fused-ring (bicyclic) bond motifs is 1. The molecular weight excluding hydrogens is 426 g/mol. The average molecular weight is 454 g/mol. The Morgan fingerprint density at radius 2 is 2.00 bits per heavy atom. The van der Waals surface area contributed by atoms with E-state index >= 15 is 0 Å². The molecule has 0 saturated carbocycles. The van der Waals surface area contributed by atoms with Crippen LogP contribution >= 0.6 is 11.3 Å². The maximum absolute atomic E-state index is 12.8. The van der Waals surface area contributed by atoms with Crippen molar-refractivity contribution in [3.8, 4) is 5.75 Å². The minimum Gasteiger partial charge on any atom is -0.497 e. The highest BCUT2D eigenvalue weighted by molar-refractivity contribution is 7.07. The number of hydrogen-bond donors (Lipinski definition) is 0. The molecule has 32 heavy (non-hydrogen) atoms.